The molecule has 0 saturated carbocycles. The minimum Gasteiger partial charge on any atom is -0.330 e. The van der Waals surface area contributed by atoms with E-state index in [2.05, 4.69) is 0 Å². The summed E-state index contributed by atoms with van der Waals surface area (Å²) in [5.41, 5.74) is 6.70. The van der Waals surface area contributed by atoms with Gasteiger partial charge in [-0.2, -0.15) is 0 Å². The lowest BCUT2D eigenvalue weighted by Gasteiger charge is -2.04. The van der Waals surface area contributed by atoms with Crippen molar-refractivity contribution >= 4 is 11.8 Å². The highest BCUT2D eigenvalue weighted by molar-refractivity contribution is 7.99. The average molecular weight is 247 g/mol. The van der Waals surface area contributed by atoms with E-state index in [0.29, 0.717) is 11.4 Å². The van der Waals surface area contributed by atoms with Gasteiger partial charge < -0.3 is 5.73 Å². The summed E-state index contributed by atoms with van der Waals surface area (Å²) < 4.78 is 13.4. The number of hydrogen-bond acceptors (Lipinski definition) is 2. The third-order valence-corrected chi connectivity index (χ3v) is 3.48. The van der Waals surface area contributed by atoms with Gasteiger partial charge in [0.1, 0.15) is 5.82 Å². The topological polar surface area (TPSA) is 26.0 Å². The molecule has 0 aliphatic carbocycles. The van der Waals surface area contributed by atoms with Gasteiger partial charge in [-0.25, -0.2) is 4.39 Å². The van der Waals surface area contributed by atoms with Gasteiger partial charge in [-0.3, -0.25) is 0 Å². The number of halogens is 1. The highest BCUT2D eigenvalue weighted by Gasteiger charge is 2.02. The summed E-state index contributed by atoms with van der Waals surface area (Å²) in [5.74, 6) is -0.177. The van der Waals surface area contributed by atoms with Crippen molar-refractivity contribution in [3.63, 3.8) is 0 Å². The van der Waals surface area contributed by atoms with Crippen LogP contribution in [0.4, 0.5) is 4.39 Å². The zero-order chi connectivity index (χ0) is 12.1. The van der Waals surface area contributed by atoms with E-state index in [1.54, 1.807) is 12.1 Å². The first-order chi connectivity index (χ1) is 8.29. The van der Waals surface area contributed by atoms with E-state index in [9.17, 15) is 4.39 Å². The number of benzene rings is 2. The highest BCUT2D eigenvalue weighted by Crippen LogP contribution is 2.29. The quantitative estimate of drug-likeness (QED) is 0.895. The summed E-state index contributed by atoms with van der Waals surface area (Å²) in [7, 11) is 0. The molecule has 0 amide bonds. The van der Waals surface area contributed by atoms with Crippen molar-refractivity contribution < 1.29 is 4.39 Å². The fraction of sp³-hybridized carbons (Fsp3) is 0.143. The van der Waals surface area contributed by atoms with E-state index in [1.807, 2.05) is 30.3 Å². The molecule has 2 aromatic rings. The van der Waals surface area contributed by atoms with Gasteiger partial charge in [0.05, 0.1) is 0 Å². The van der Waals surface area contributed by atoms with Crippen LogP contribution < -0.4 is 5.73 Å². The monoisotopic (exact) mass is 247 g/mol. The Hall–Kier alpha value is -1.32. The van der Waals surface area contributed by atoms with E-state index >= 15 is 0 Å². The molecule has 0 heterocycles. The van der Waals surface area contributed by atoms with Crippen LogP contribution >= 0.6 is 11.8 Å². The van der Waals surface area contributed by atoms with Gasteiger partial charge in [0.25, 0.3) is 0 Å². The molecule has 3 heteroatoms. The average Bonchev–Trinajstić information content (AvgIpc) is 2.35. The molecule has 0 fully saturated rings. The Morgan fingerprint density at radius 2 is 1.71 bits per heavy atom. The maximum Gasteiger partial charge on any atom is 0.137 e. The third kappa shape index (κ3) is 3.32. The predicted octanol–water partition coefficient (Wildman–Crippen LogP) is 3.48. The van der Waals surface area contributed by atoms with Crippen LogP contribution in [-0.4, -0.2) is 6.54 Å². The SMILES string of the molecule is NCCc1ccc(Sc2ccccc2F)cc1. The molecule has 88 valence electrons. The Labute approximate surface area is 105 Å². The normalized spacial score (nSPS) is 10.5. The van der Waals surface area contributed by atoms with Crippen molar-refractivity contribution in [2.24, 2.45) is 5.73 Å². The standard InChI is InChI=1S/C14H14FNS/c15-13-3-1-2-4-14(13)17-12-7-5-11(6-8-12)9-10-16/h1-8H,9-10,16H2. The van der Waals surface area contributed by atoms with Gasteiger partial charge in [-0.15, -0.1) is 0 Å². The molecule has 0 radical (unpaired) electrons. The van der Waals surface area contributed by atoms with Crippen LogP contribution in [0.15, 0.2) is 58.3 Å². The van der Waals surface area contributed by atoms with Gasteiger partial charge in [0.2, 0.25) is 0 Å². The maximum absolute atomic E-state index is 13.4. The van der Waals surface area contributed by atoms with Crippen molar-refractivity contribution in [1.29, 1.82) is 0 Å². The van der Waals surface area contributed by atoms with Gasteiger partial charge in [0.15, 0.2) is 0 Å². The van der Waals surface area contributed by atoms with Crippen molar-refractivity contribution in [3.05, 3.63) is 59.9 Å². The lowest BCUT2D eigenvalue weighted by molar-refractivity contribution is 0.602. The Kier molecular flexibility index (Phi) is 4.18. The Morgan fingerprint density at radius 3 is 2.35 bits per heavy atom. The van der Waals surface area contributed by atoms with Gasteiger partial charge in [-0.05, 0) is 42.8 Å². The van der Waals surface area contributed by atoms with Crippen molar-refractivity contribution in [1.82, 2.24) is 0 Å². The van der Waals surface area contributed by atoms with E-state index in [-0.39, 0.29) is 5.82 Å². The van der Waals surface area contributed by atoms with Gasteiger partial charge >= 0.3 is 0 Å². The van der Waals surface area contributed by atoms with E-state index < -0.39 is 0 Å². The number of rotatable bonds is 4. The zero-order valence-electron chi connectivity index (χ0n) is 9.40. The largest absolute Gasteiger partial charge is 0.330 e. The Balaban J connectivity index is 2.11. The fourth-order valence-corrected chi connectivity index (χ4v) is 2.38. The molecule has 17 heavy (non-hydrogen) atoms. The summed E-state index contributed by atoms with van der Waals surface area (Å²) in [6.45, 7) is 0.653. The summed E-state index contributed by atoms with van der Waals surface area (Å²) in [6.07, 6.45) is 0.880. The van der Waals surface area contributed by atoms with E-state index in [4.69, 9.17) is 5.73 Å². The second-order valence-electron chi connectivity index (χ2n) is 3.72. The molecule has 0 unspecified atom stereocenters. The Morgan fingerprint density at radius 1 is 1.00 bits per heavy atom. The molecule has 0 atom stereocenters. The first kappa shape index (κ1) is 12.1. The minimum absolute atomic E-state index is 0.177. The van der Waals surface area contributed by atoms with Gasteiger partial charge in [0, 0.05) is 9.79 Å². The van der Waals surface area contributed by atoms with Crippen LogP contribution in [0.25, 0.3) is 0 Å². The van der Waals surface area contributed by atoms with Crippen LogP contribution in [-0.2, 0) is 6.42 Å². The van der Waals surface area contributed by atoms with Crippen molar-refractivity contribution in [3.8, 4) is 0 Å². The molecular formula is C14H14FNS. The van der Waals surface area contributed by atoms with Gasteiger partial charge in [-0.1, -0.05) is 36.0 Å². The summed E-state index contributed by atoms with van der Waals surface area (Å²) in [6, 6.07) is 14.9. The molecule has 2 N–H and O–H groups in total. The smallest absolute Gasteiger partial charge is 0.137 e. The summed E-state index contributed by atoms with van der Waals surface area (Å²) in [4.78, 5) is 1.69. The molecule has 0 saturated heterocycles. The third-order valence-electron chi connectivity index (χ3n) is 2.42. The minimum atomic E-state index is -0.177. The maximum atomic E-state index is 13.4. The molecule has 0 aromatic heterocycles. The zero-order valence-corrected chi connectivity index (χ0v) is 10.2. The van der Waals surface area contributed by atoms with Crippen LogP contribution in [0, 0.1) is 5.82 Å². The van der Waals surface area contributed by atoms with Crippen molar-refractivity contribution in [2.45, 2.75) is 16.2 Å². The molecule has 0 spiro atoms. The van der Waals surface area contributed by atoms with Crippen molar-refractivity contribution in [2.75, 3.05) is 6.54 Å². The molecular weight excluding hydrogens is 233 g/mol. The summed E-state index contributed by atoms with van der Waals surface area (Å²) in [5, 5.41) is 0. The number of nitrogens with two attached hydrogens (primary N) is 1. The van der Waals surface area contributed by atoms with E-state index in [1.165, 1.54) is 23.4 Å². The lowest BCUT2D eigenvalue weighted by atomic mass is 10.2. The predicted molar refractivity (Wildman–Crippen MR) is 69.7 cm³/mol. The first-order valence-corrected chi connectivity index (χ1v) is 6.32. The van der Waals surface area contributed by atoms with Crippen LogP contribution in [0.1, 0.15) is 5.56 Å². The molecule has 0 aliphatic rings. The molecule has 2 aromatic carbocycles. The molecule has 1 nitrogen and oxygen atoms in total. The fourth-order valence-electron chi connectivity index (χ4n) is 1.55. The Bertz CT molecular complexity index is 482. The molecule has 0 bridgehead atoms. The second-order valence-corrected chi connectivity index (χ2v) is 4.83. The molecule has 0 aliphatic heterocycles. The summed E-state index contributed by atoms with van der Waals surface area (Å²) >= 11 is 1.43. The lowest BCUT2D eigenvalue weighted by Crippen LogP contribution is -2.02. The van der Waals surface area contributed by atoms with Crippen LogP contribution in [0.3, 0.4) is 0 Å². The first-order valence-electron chi connectivity index (χ1n) is 5.51. The van der Waals surface area contributed by atoms with E-state index in [0.717, 1.165) is 11.3 Å². The van der Waals surface area contributed by atoms with Crippen LogP contribution in [0.5, 0.6) is 0 Å². The van der Waals surface area contributed by atoms with Crippen LogP contribution in [0.2, 0.25) is 0 Å². The second kappa shape index (κ2) is 5.84. The molecule has 2 rings (SSSR count). The number of hydrogen-bond donors (Lipinski definition) is 1. The highest BCUT2D eigenvalue weighted by atomic mass is 32.2.